The lowest BCUT2D eigenvalue weighted by Gasteiger charge is -2.52. The predicted octanol–water partition coefficient (Wildman–Crippen LogP) is 1.81. The molecule has 3 aliphatic rings. The number of ether oxygens (including phenoxy) is 1. The number of hydrogen-bond acceptors (Lipinski definition) is 3. The number of nitrogens with zero attached hydrogens (tertiary/aromatic N) is 2. The molecule has 2 atom stereocenters. The van der Waals surface area contributed by atoms with Gasteiger partial charge in [-0.3, -0.25) is 9.59 Å². The molecule has 0 N–H and O–H groups in total. The minimum Gasteiger partial charge on any atom is -0.363 e. The third-order valence-electron chi connectivity index (χ3n) is 5.63. The summed E-state index contributed by atoms with van der Waals surface area (Å²) in [6, 6.07) is 9.96. The molecule has 1 saturated carbocycles. The van der Waals surface area contributed by atoms with E-state index >= 15 is 0 Å². The Hall–Kier alpha value is -1.88. The van der Waals surface area contributed by atoms with Crippen molar-refractivity contribution >= 4 is 11.8 Å². The number of hydrogen-bond donors (Lipinski definition) is 0. The lowest BCUT2D eigenvalue weighted by atomic mass is 9.85. The van der Waals surface area contributed by atoms with Crippen molar-refractivity contribution in [1.29, 1.82) is 0 Å². The second kappa shape index (κ2) is 5.88. The van der Waals surface area contributed by atoms with E-state index in [2.05, 4.69) is 6.92 Å². The Balaban J connectivity index is 1.56. The van der Waals surface area contributed by atoms with Gasteiger partial charge in [-0.25, -0.2) is 0 Å². The Bertz CT molecular complexity index is 643. The highest BCUT2D eigenvalue weighted by atomic mass is 16.5. The molecule has 2 heterocycles. The normalized spacial score (nSPS) is 30.2. The van der Waals surface area contributed by atoms with Crippen molar-refractivity contribution in [3.8, 4) is 0 Å². The first kappa shape index (κ1) is 15.6. The van der Waals surface area contributed by atoms with Gasteiger partial charge < -0.3 is 14.5 Å². The van der Waals surface area contributed by atoms with E-state index in [1.807, 2.05) is 40.1 Å². The number of fused-ring (bicyclic) bond motifs is 1. The van der Waals surface area contributed by atoms with Crippen molar-refractivity contribution in [1.82, 2.24) is 9.80 Å². The molecule has 0 unspecified atom stereocenters. The van der Waals surface area contributed by atoms with Crippen LogP contribution in [0.3, 0.4) is 0 Å². The molecule has 2 saturated heterocycles. The van der Waals surface area contributed by atoms with Gasteiger partial charge in [-0.2, -0.15) is 0 Å². The first-order valence-corrected chi connectivity index (χ1v) is 8.83. The maximum absolute atomic E-state index is 12.5. The van der Waals surface area contributed by atoms with Gasteiger partial charge in [0.25, 0.3) is 0 Å². The molecule has 2 amide bonds. The Morgan fingerprint density at radius 1 is 1.29 bits per heavy atom. The molecule has 3 fully saturated rings. The van der Waals surface area contributed by atoms with Gasteiger partial charge in [-0.15, -0.1) is 0 Å². The van der Waals surface area contributed by atoms with Crippen molar-refractivity contribution in [2.45, 2.75) is 44.4 Å². The molecule has 2 aliphatic heterocycles. The number of carbonyl (C=O) groups is 2. The minimum atomic E-state index is -0.358. The number of carbonyl (C=O) groups excluding carboxylic acids is 2. The second-order valence-electron chi connectivity index (χ2n) is 7.43. The van der Waals surface area contributed by atoms with Crippen LogP contribution in [0.2, 0.25) is 0 Å². The Morgan fingerprint density at radius 2 is 2.04 bits per heavy atom. The maximum atomic E-state index is 12.5. The molecule has 1 aromatic carbocycles. The molecule has 1 aromatic rings. The fourth-order valence-electron chi connectivity index (χ4n) is 3.86. The lowest BCUT2D eigenvalue weighted by Crippen LogP contribution is -2.67. The van der Waals surface area contributed by atoms with E-state index < -0.39 is 0 Å². The summed E-state index contributed by atoms with van der Waals surface area (Å²) in [5, 5.41) is 0. The highest BCUT2D eigenvalue weighted by Crippen LogP contribution is 2.37. The smallest absolute Gasteiger partial charge is 0.249 e. The van der Waals surface area contributed by atoms with Crippen molar-refractivity contribution in [3.05, 3.63) is 35.9 Å². The highest BCUT2D eigenvalue weighted by molar-refractivity contribution is 5.82. The predicted molar refractivity (Wildman–Crippen MR) is 89.1 cm³/mol. The maximum Gasteiger partial charge on any atom is 0.249 e. The van der Waals surface area contributed by atoms with Gasteiger partial charge in [0.05, 0.1) is 11.6 Å². The van der Waals surface area contributed by atoms with E-state index in [4.69, 9.17) is 4.74 Å². The van der Waals surface area contributed by atoms with E-state index in [1.54, 1.807) is 0 Å². The zero-order valence-corrected chi connectivity index (χ0v) is 14.1. The average Bonchev–Trinajstić information content (AvgIpc) is 3.43. The number of amides is 2. The first-order valence-electron chi connectivity index (χ1n) is 8.83. The minimum absolute atomic E-state index is 0.0158. The average molecular weight is 328 g/mol. The third-order valence-corrected chi connectivity index (χ3v) is 5.63. The summed E-state index contributed by atoms with van der Waals surface area (Å²) >= 11 is 0. The van der Waals surface area contributed by atoms with E-state index in [1.165, 1.54) is 0 Å². The van der Waals surface area contributed by atoms with E-state index in [0.29, 0.717) is 13.1 Å². The quantitative estimate of drug-likeness (QED) is 0.850. The summed E-state index contributed by atoms with van der Waals surface area (Å²) in [5.74, 6) is 0.494. The van der Waals surface area contributed by atoms with Gasteiger partial charge >= 0.3 is 0 Å². The summed E-state index contributed by atoms with van der Waals surface area (Å²) in [7, 11) is 0. The molecule has 0 aromatic heterocycles. The van der Waals surface area contributed by atoms with E-state index in [-0.39, 0.29) is 36.0 Å². The number of rotatable bonds is 3. The fraction of sp³-hybridized carbons (Fsp3) is 0.579. The van der Waals surface area contributed by atoms with Crippen LogP contribution in [-0.4, -0.2) is 53.0 Å². The summed E-state index contributed by atoms with van der Waals surface area (Å²) in [5.41, 5.74) is 0.754. The van der Waals surface area contributed by atoms with Crippen LogP contribution in [-0.2, 0) is 20.9 Å². The van der Waals surface area contributed by atoms with Crippen LogP contribution in [0, 0.1) is 5.92 Å². The van der Waals surface area contributed by atoms with Gasteiger partial charge in [0, 0.05) is 25.6 Å². The van der Waals surface area contributed by atoms with Crippen LogP contribution in [0.4, 0.5) is 0 Å². The van der Waals surface area contributed by atoms with Gasteiger partial charge in [-0.1, -0.05) is 30.3 Å². The molecule has 5 heteroatoms. The van der Waals surface area contributed by atoms with Crippen LogP contribution < -0.4 is 0 Å². The summed E-state index contributed by atoms with van der Waals surface area (Å²) < 4.78 is 5.92. The topological polar surface area (TPSA) is 49.9 Å². The third kappa shape index (κ3) is 2.81. The zero-order chi connectivity index (χ0) is 16.7. The first-order chi connectivity index (χ1) is 11.6. The number of morpholine rings is 1. The SMILES string of the molecule is C[C@@]12CCN(C(=O)C3CC3)C[C@H]1N(Cc1ccccc1)C(=O)CO2. The molecular formula is C19H24N2O3. The second-order valence-corrected chi connectivity index (χ2v) is 7.43. The lowest BCUT2D eigenvalue weighted by molar-refractivity contribution is -0.190. The van der Waals surface area contributed by atoms with Gasteiger partial charge in [0.15, 0.2) is 0 Å². The molecular weight excluding hydrogens is 304 g/mol. The Morgan fingerprint density at radius 3 is 2.75 bits per heavy atom. The molecule has 0 radical (unpaired) electrons. The summed E-state index contributed by atoms with van der Waals surface area (Å²) in [6.45, 7) is 4.12. The van der Waals surface area contributed by atoms with Crippen molar-refractivity contribution in [3.63, 3.8) is 0 Å². The molecule has 0 bridgehead atoms. The van der Waals surface area contributed by atoms with Crippen LogP contribution >= 0.6 is 0 Å². The Labute approximate surface area is 142 Å². The van der Waals surface area contributed by atoms with Gasteiger partial charge in [0.2, 0.25) is 11.8 Å². The van der Waals surface area contributed by atoms with E-state index in [0.717, 1.165) is 31.4 Å². The highest BCUT2D eigenvalue weighted by Gasteiger charge is 2.50. The standard InChI is InChI=1S/C19H24N2O3/c1-19-9-10-20(18(23)15-7-8-15)12-16(19)21(17(22)13-24-19)11-14-5-3-2-4-6-14/h2-6,15-16H,7-13H2,1H3/t16-,19-/m1/s1. The molecule has 24 heavy (non-hydrogen) atoms. The summed E-state index contributed by atoms with van der Waals surface area (Å²) in [6.07, 6.45) is 2.82. The van der Waals surface area contributed by atoms with Crippen LogP contribution in [0.15, 0.2) is 30.3 Å². The van der Waals surface area contributed by atoms with Gasteiger partial charge in [-0.05, 0) is 31.7 Å². The largest absolute Gasteiger partial charge is 0.363 e. The number of likely N-dealkylation sites (tertiary alicyclic amines) is 1. The molecule has 128 valence electrons. The molecule has 0 spiro atoms. The molecule has 1 aliphatic carbocycles. The number of benzene rings is 1. The van der Waals surface area contributed by atoms with Gasteiger partial charge in [0.1, 0.15) is 6.61 Å². The van der Waals surface area contributed by atoms with E-state index in [9.17, 15) is 9.59 Å². The van der Waals surface area contributed by atoms with Crippen molar-refractivity contribution < 1.29 is 14.3 Å². The molecule has 5 nitrogen and oxygen atoms in total. The van der Waals surface area contributed by atoms with Crippen molar-refractivity contribution in [2.24, 2.45) is 5.92 Å². The van der Waals surface area contributed by atoms with Crippen LogP contribution in [0.1, 0.15) is 31.7 Å². The number of piperidine rings is 1. The zero-order valence-electron chi connectivity index (χ0n) is 14.1. The van der Waals surface area contributed by atoms with Crippen LogP contribution in [0.5, 0.6) is 0 Å². The monoisotopic (exact) mass is 328 g/mol. The summed E-state index contributed by atoms with van der Waals surface area (Å²) in [4.78, 5) is 28.9. The molecule has 4 rings (SSSR count). The van der Waals surface area contributed by atoms with Crippen molar-refractivity contribution in [2.75, 3.05) is 19.7 Å². The fourth-order valence-corrected chi connectivity index (χ4v) is 3.86. The van der Waals surface area contributed by atoms with Crippen LogP contribution in [0.25, 0.3) is 0 Å². The Kier molecular flexibility index (Phi) is 3.83.